The SMILES string of the molecule is CSCC[C@H](C(=O)NCCC(=O)O)n1c(=O)[nH]c2ccccc2c1=O. The van der Waals surface area contributed by atoms with Gasteiger partial charge in [0.05, 0.1) is 17.3 Å². The number of para-hydroxylation sites is 1. The lowest BCUT2D eigenvalue weighted by Gasteiger charge is -2.18. The molecule has 8 nitrogen and oxygen atoms in total. The molecule has 1 aromatic heterocycles. The predicted molar refractivity (Wildman–Crippen MR) is 96.1 cm³/mol. The number of nitrogens with one attached hydrogen (secondary N) is 2. The fraction of sp³-hybridized carbons (Fsp3) is 0.375. The Morgan fingerprint density at radius 1 is 1.32 bits per heavy atom. The highest BCUT2D eigenvalue weighted by Gasteiger charge is 2.24. The van der Waals surface area contributed by atoms with Crippen molar-refractivity contribution in [2.45, 2.75) is 18.9 Å². The van der Waals surface area contributed by atoms with Crippen molar-refractivity contribution in [2.75, 3.05) is 18.6 Å². The number of H-pyrrole nitrogens is 1. The molecule has 0 unspecified atom stereocenters. The predicted octanol–water partition coefficient (Wildman–Crippen LogP) is 0.575. The molecule has 0 spiro atoms. The maximum absolute atomic E-state index is 12.7. The van der Waals surface area contributed by atoms with E-state index >= 15 is 0 Å². The molecular formula is C16H19N3O5S. The van der Waals surface area contributed by atoms with Crippen LogP contribution in [-0.2, 0) is 9.59 Å². The number of hydrogen-bond acceptors (Lipinski definition) is 5. The van der Waals surface area contributed by atoms with Gasteiger partial charge in [-0.25, -0.2) is 9.36 Å². The molecule has 2 aromatic rings. The number of carbonyl (C=O) groups is 2. The molecule has 1 atom stereocenters. The molecular weight excluding hydrogens is 346 g/mol. The highest BCUT2D eigenvalue weighted by molar-refractivity contribution is 7.98. The van der Waals surface area contributed by atoms with Crippen LogP contribution in [0.2, 0.25) is 0 Å². The topological polar surface area (TPSA) is 121 Å². The summed E-state index contributed by atoms with van der Waals surface area (Å²) < 4.78 is 0.911. The minimum absolute atomic E-state index is 0.0653. The van der Waals surface area contributed by atoms with Crippen LogP contribution < -0.4 is 16.6 Å². The molecule has 0 saturated carbocycles. The number of carboxylic acids is 1. The normalized spacial score (nSPS) is 12.0. The maximum atomic E-state index is 12.7. The van der Waals surface area contributed by atoms with E-state index in [1.165, 1.54) is 11.8 Å². The van der Waals surface area contributed by atoms with Crippen LogP contribution >= 0.6 is 11.8 Å². The van der Waals surface area contributed by atoms with Crippen molar-refractivity contribution in [3.8, 4) is 0 Å². The summed E-state index contributed by atoms with van der Waals surface area (Å²) in [5.74, 6) is -1.02. The third-order valence-corrected chi connectivity index (χ3v) is 4.33. The molecule has 0 saturated heterocycles. The van der Waals surface area contributed by atoms with Gasteiger partial charge in [0.2, 0.25) is 5.91 Å². The largest absolute Gasteiger partial charge is 0.481 e. The number of aromatic nitrogens is 2. The molecule has 2 rings (SSSR count). The van der Waals surface area contributed by atoms with E-state index < -0.39 is 29.2 Å². The van der Waals surface area contributed by atoms with E-state index in [4.69, 9.17) is 5.11 Å². The van der Waals surface area contributed by atoms with Gasteiger partial charge in [-0.3, -0.25) is 14.4 Å². The Morgan fingerprint density at radius 2 is 2.04 bits per heavy atom. The number of benzene rings is 1. The quantitative estimate of drug-likeness (QED) is 0.629. The summed E-state index contributed by atoms with van der Waals surface area (Å²) >= 11 is 1.48. The lowest BCUT2D eigenvalue weighted by molar-refractivity contribution is -0.137. The van der Waals surface area contributed by atoms with Crippen molar-refractivity contribution < 1.29 is 14.7 Å². The van der Waals surface area contributed by atoms with E-state index in [0.29, 0.717) is 16.7 Å². The second-order valence-electron chi connectivity index (χ2n) is 5.38. The van der Waals surface area contributed by atoms with Crippen molar-refractivity contribution in [1.29, 1.82) is 0 Å². The third-order valence-electron chi connectivity index (χ3n) is 3.68. The number of thioether (sulfide) groups is 1. The molecule has 0 aliphatic rings. The van der Waals surface area contributed by atoms with E-state index in [0.717, 1.165) is 4.57 Å². The average Bonchev–Trinajstić information content (AvgIpc) is 2.57. The Hall–Kier alpha value is -2.55. The van der Waals surface area contributed by atoms with E-state index in [1.807, 2.05) is 6.26 Å². The van der Waals surface area contributed by atoms with Crippen LogP contribution in [0.3, 0.4) is 0 Å². The second-order valence-corrected chi connectivity index (χ2v) is 6.37. The van der Waals surface area contributed by atoms with Gasteiger partial charge in [-0.15, -0.1) is 0 Å². The molecule has 1 aromatic carbocycles. The summed E-state index contributed by atoms with van der Waals surface area (Å²) in [6.07, 6.45) is 1.90. The number of carboxylic acid groups (broad SMARTS) is 1. The molecule has 9 heteroatoms. The maximum Gasteiger partial charge on any atom is 0.329 e. The number of rotatable bonds is 8. The minimum Gasteiger partial charge on any atom is -0.481 e. The molecule has 0 aliphatic carbocycles. The Bertz CT molecular complexity index is 889. The first-order valence-electron chi connectivity index (χ1n) is 7.67. The Labute approximate surface area is 147 Å². The van der Waals surface area contributed by atoms with Gasteiger partial charge >= 0.3 is 11.7 Å². The lowest BCUT2D eigenvalue weighted by Crippen LogP contribution is -2.45. The fourth-order valence-electron chi connectivity index (χ4n) is 2.48. The van der Waals surface area contributed by atoms with Crippen molar-refractivity contribution in [3.63, 3.8) is 0 Å². The summed E-state index contributed by atoms with van der Waals surface area (Å²) in [6, 6.07) is 5.58. The average molecular weight is 365 g/mol. The number of amides is 1. The first kappa shape index (κ1) is 18.8. The number of aliphatic carboxylic acids is 1. The highest BCUT2D eigenvalue weighted by Crippen LogP contribution is 2.13. The van der Waals surface area contributed by atoms with Crippen LogP contribution in [0.1, 0.15) is 18.9 Å². The van der Waals surface area contributed by atoms with Gasteiger partial charge in [-0.2, -0.15) is 11.8 Å². The van der Waals surface area contributed by atoms with Crippen LogP contribution in [0.4, 0.5) is 0 Å². The van der Waals surface area contributed by atoms with Crippen LogP contribution in [0, 0.1) is 0 Å². The Balaban J connectivity index is 2.42. The minimum atomic E-state index is -1.04. The standard InChI is InChI=1S/C16H19N3O5S/c1-25-9-7-12(14(22)17-8-6-13(20)21)19-15(23)10-4-2-3-5-11(10)18-16(19)24/h2-5,12H,6-9H2,1H3,(H,17,22)(H,18,24)(H,20,21)/t12-/m1/s1. The van der Waals surface area contributed by atoms with Crippen molar-refractivity contribution in [1.82, 2.24) is 14.9 Å². The Kier molecular flexibility index (Phi) is 6.40. The highest BCUT2D eigenvalue weighted by atomic mass is 32.2. The summed E-state index contributed by atoms with van der Waals surface area (Å²) in [6.45, 7) is -0.0653. The first-order chi connectivity index (χ1) is 12.0. The molecule has 3 N–H and O–H groups in total. The molecule has 1 amide bonds. The van der Waals surface area contributed by atoms with Crippen LogP contribution in [0.25, 0.3) is 10.9 Å². The molecule has 0 aliphatic heterocycles. The van der Waals surface area contributed by atoms with Gasteiger partial charge in [0.15, 0.2) is 0 Å². The number of aromatic amines is 1. The van der Waals surface area contributed by atoms with Gasteiger partial charge in [-0.05, 0) is 30.6 Å². The monoisotopic (exact) mass is 365 g/mol. The summed E-state index contributed by atoms with van der Waals surface area (Å²) in [5.41, 5.74) is -0.800. The van der Waals surface area contributed by atoms with E-state index in [-0.39, 0.29) is 19.4 Å². The summed E-state index contributed by atoms with van der Waals surface area (Å²) in [4.78, 5) is 50.7. The van der Waals surface area contributed by atoms with Gasteiger partial charge in [-0.1, -0.05) is 12.1 Å². The summed E-state index contributed by atoms with van der Waals surface area (Å²) in [5, 5.41) is 11.5. The van der Waals surface area contributed by atoms with E-state index in [1.54, 1.807) is 24.3 Å². The third kappa shape index (κ3) is 4.50. The fourth-order valence-corrected chi connectivity index (χ4v) is 2.94. The number of fused-ring (bicyclic) bond motifs is 1. The van der Waals surface area contributed by atoms with E-state index in [9.17, 15) is 19.2 Å². The van der Waals surface area contributed by atoms with Crippen LogP contribution in [0.15, 0.2) is 33.9 Å². The van der Waals surface area contributed by atoms with Gasteiger partial charge in [0, 0.05) is 6.54 Å². The molecule has 25 heavy (non-hydrogen) atoms. The molecule has 1 heterocycles. The zero-order valence-electron chi connectivity index (χ0n) is 13.7. The van der Waals surface area contributed by atoms with E-state index in [2.05, 4.69) is 10.3 Å². The first-order valence-corrected chi connectivity index (χ1v) is 9.07. The van der Waals surface area contributed by atoms with Gasteiger partial charge < -0.3 is 15.4 Å². The zero-order valence-corrected chi connectivity index (χ0v) is 14.5. The number of nitrogens with zero attached hydrogens (tertiary/aromatic N) is 1. The summed E-state index contributed by atoms with van der Waals surface area (Å²) in [7, 11) is 0. The van der Waals surface area contributed by atoms with Crippen molar-refractivity contribution in [2.24, 2.45) is 0 Å². The molecule has 0 fully saturated rings. The zero-order chi connectivity index (χ0) is 18.4. The van der Waals surface area contributed by atoms with Gasteiger partial charge in [0.25, 0.3) is 5.56 Å². The molecule has 0 radical (unpaired) electrons. The van der Waals surface area contributed by atoms with Crippen molar-refractivity contribution in [3.05, 3.63) is 45.1 Å². The number of carbonyl (C=O) groups excluding carboxylic acids is 1. The van der Waals surface area contributed by atoms with Gasteiger partial charge in [0.1, 0.15) is 6.04 Å². The lowest BCUT2D eigenvalue weighted by atomic mass is 10.2. The van der Waals surface area contributed by atoms with Crippen LogP contribution in [0.5, 0.6) is 0 Å². The molecule has 0 bridgehead atoms. The smallest absolute Gasteiger partial charge is 0.329 e. The number of hydrogen-bond donors (Lipinski definition) is 3. The Morgan fingerprint density at radius 3 is 2.72 bits per heavy atom. The van der Waals surface area contributed by atoms with Crippen molar-refractivity contribution >= 4 is 34.5 Å². The second kappa shape index (κ2) is 8.52. The van der Waals surface area contributed by atoms with Crippen LogP contribution in [-0.4, -0.2) is 45.1 Å². The molecule has 134 valence electrons.